The van der Waals surface area contributed by atoms with Crippen molar-refractivity contribution in [1.82, 2.24) is 19.7 Å². The number of aromatic nitrogens is 4. The van der Waals surface area contributed by atoms with Gasteiger partial charge >= 0.3 is 0 Å². The zero-order valence-electron chi connectivity index (χ0n) is 20.2. The van der Waals surface area contributed by atoms with E-state index in [4.69, 9.17) is 10.5 Å². The molecule has 1 aliphatic heterocycles. The molecule has 1 aromatic carbocycles. The Labute approximate surface area is 203 Å². The average molecular weight is 469 g/mol. The highest BCUT2D eigenvalue weighted by molar-refractivity contribution is 6.06. The first-order chi connectivity index (χ1) is 16.9. The second kappa shape index (κ2) is 8.16. The van der Waals surface area contributed by atoms with E-state index < -0.39 is 0 Å². The number of amides is 1. The molecule has 8 heteroatoms. The Morgan fingerprint density at radius 3 is 2.77 bits per heavy atom. The first-order valence-corrected chi connectivity index (χ1v) is 12.0. The summed E-state index contributed by atoms with van der Waals surface area (Å²) in [7, 11) is 1.86. The van der Waals surface area contributed by atoms with Crippen LogP contribution in [0.1, 0.15) is 70.2 Å². The van der Waals surface area contributed by atoms with Crippen LogP contribution in [0.15, 0.2) is 42.7 Å². The summed E-state index contributed by atoms with van der Waals surface area (Å²) >= 11 is 0. The Morgan fingerprint density at radius 1 is 1.26 bits per heavy atom. The van der Waals surface area contributed by atoms with Gasteiger partial charge in [0.25, 0.3) is 5.91 Å². The molecule has 6 rings (SSSR count). The van der Waals surface area contributed by atoms with Crippen molar-refractivity contribution in [2.75, 3.05) is 10.6 Å². The number of carbonyl (C=O) groups excluding carboxylic acids is 1. The highest BCUT2D eigenvalue weighted by atomic mass is 16.5. The van der Waals surface area contributed by atoms with Crippen molar-refractivity contribution in [3.05, 3.63) is 76.4 Å². The van der Waals surface area contributed by atoms with Crippen LogP contribution in [0, 0.1) is 6.92 Å². The Kier molecular flexibility index (Phi) is 5.07. The van der Waals surface area contributed by atoms with Gasteiger partial charge in [0.1, 0.15) is 5.82 Å². The number of benzene rings is 1. The predicted octanol–water partition coefficient (Wildman–Crippen LogP) is 4.57. The van der Waals surface area contributed by atoms with E-state index in [0.717, 1.165) is 44.7 Å². The Hall–Kier alpha value is -3.78. The van der Waals surface area contributed by atoms with Crippen molar-refractivity contribution in [1.29, 1.82) is 0 Å². The minimum Gasteiger partial charge on any atom is -0.383 e. The van der Waals surface area contributed by atoms with E-state index in [2.05, 4.69) is 21.1 Å². The summed E-state index contributed by atoms with van der Waals surface area (Å²) in [5.41, 5.74) is 13.3. The number of nitrogens with zero attached hydrogens (tertiary/aromatic N) is 5. The SMILES string of the molecule is Cc1nn(C)cc1N(Cc1ccc2c3c(c(N)nc2c1)C(C)OC3)C(=O)c1ccc(C2CC2)nc1. The number of rotatable bonds is 5. The summed E-state index contributed by atoms with van der Waals surface area (Å²) in [6, 6.07) is 9.97. The molecule has 1 fully saturated rings. The van der Waals surface area contributed by atoms with Crippen LogP contribution in [0.5, 0.6) is 0 Å². The van der Waals surface area contributed by atoms with Gasteiger partial charge in [0.2, 0.25) is 0 Å². The van der Waals surface area contributed by atoms with E-state index in [-0.39, 0.29) is 12.0 Å². The van der Waals surface area contributed by atoms with Gasteiger partial charge in [-0.05, 0) is 56.0 Å². The number of nitrogen functional groups attached to an aromatic ring is 1. The highest BCUT2D eigenvalue weighted by Crippen LogP contribution is 2.39. The smallest absolute Gasteiger partial charge is 0.260 e. The predicted molar refractivity (Wildman–Crippen MR) is 134 cm³/mol. The van der Waals surface area contributed by atoms with Crippen LogP contribution in [0.4, 0.5) is 11.5 Å². The first-order valence-electron chi connectivity index (χ1n) is 12.0. The maximum Gasteiger partial charge on any atom is 0.260 e. The number of fused-ring (bicyclic) bond motifs is 3. The van der Waals surface area contributed by atoms with Crippen molar-refractivity contribution in [2.45, 2.75) is 51.9 Å². The van der Waals surface area contributed by atoms with Gasteiger partial charge in [0, 0.05) is 42.0 Å². The van der Waals surface area contributed by atoms with Crippen molar-refractivity contribution >= 4 is 28.3 Å². The molecule has 1 amide bonds. The third-order valence-electron chi connectivity index (χ3n) is 7.01. The summed E-state index contributed by atoms with van der Waals surface area (Å²) in [5.74, 6) is 0.940. The molecular formula is C27H28N6O2. The fourth-order valence-corrected chi connectivity index (χ4v) is 5.02. The molecule has 1 atom stereocenters. The van der Waals surface area contributed by atoms with E-state index in [9.17, 15) is 4.79 Å². The summed E-state index contributed by atoms with van der Waals surface area (Å²) in [6.45, 7) is 4.81. The maximum absolute atomic E-state index is 13.7. The van der Waals surface area contributed by atoms with E-state index in [1.807, 2.05) is 51.4 Å². The number of anilines is 2. The van der Waals surface area contributed by atoms with Gasteiger partial charge in [-0.25, -0.2) is 4.98 Å². The van der Waals surface area contributed by atoms with Crippen molar-refractivity contribution in [3.8, 4) is 0 Å². The lowest BCUT2D eigenvalue weighted by Crippen LogP contribution is -2.31. The van der Waals surface area contributed by atoms with Crippen molar-refractivity contribution in [2.24, 2.45) is 7.05 Å². The summed E-state index contributed by atoms with van der Waals surface area (Å²) in [5, 5.41) is 5.51. The second-order valence-corrected chi connectivity index (χ2v) is 9.60. The average Bonchev–Trinajstić information content (AvgIpc) is 3.54. The summed E-state index contributed by atoms with van der Waals surface area (Å²) in [6.07, 6.45) is 5.87. The van der Waals surface area contributed by atoms with Gasteiger partial charge in [0.15, 0.2) is 0 Å². The minimum absolute atomic E-state index is 0.0526. The van der Waals surface area contributed by atoms with Gasteiger partial charge in [-0.3, -0.25) is 14.5 Å². The normalized spacial score (nSPS) is 17.1. The van der Waals surface area contributed by atoms with E-state index >= 15 is 0 Å². The third kappa shape index (κ3) is 3.83. The maximum atomic E-state index is 13.7. The van der Waals surface area contributed by atoms with E-state index in [1.165, 1.54) is 12.8 Å². The van der Waals surface area contributed by atoms with Crippen LogP contribution in [0.25, 0.3) is 10.9 Å². The fourth-order valence-electron chi connectivity index (χ4n) is 5.02. The van der Waals surface area contributed by atoms with Gasteiger partial charge in [-0.2, -0.15) is 5.10 Å². The molecule has 0 saturated heterocycles. The number of hydrogen-bond acceptors (Lipinski definition) is 6. The van der Waals surface area contributed by atoms with E-state index in [1.54, 1.807) is 15.8 Å². The number of aryl methyl sites for hydroxylation is 2. The molecule has 35 heavy (non-hydrogen) atoms. The number of hydrogen-bond donors (Lipinski definition) is 1. The van der Waals surface area contributed by atoms with Gasteiger partial charge in [-0.1, -0.05) is 12.1 Å². The highest BCUT2D eigenvalue weighted by Gasteiger charge is 2.28. The minimum atomic E-state index is -0.111. The Morgan fingerprint density at radius 2 is 2.09 bits per heavy atom. The van der Waals surface area contributed by atoms with Crippen LogP contribution >= 0.6 is 0 Å². The zero-order valence-corrected chi connectivity index (χ0v) is 20.2. The molecule has 1 saturated carbocycles. The summed E-state index contributed by atoms with van der Waals surface area (Å²) < 4.78 is 7.53. The lowest BCUT2D eigenvalue weighted by molar-refractivity contribution is 0.0801. The first kappa shape index (κ1) is 21.7. The Balaban J connectivity index is 1.37. The number of nitrogens with two attached hydrogens (primary N) is 1. The molecule has 2 aliphatic rings. The molecule has 1 unspecified atom stereocenters. The second-order valence-electron chi connectivity index (χ2n) is 9.60. The molecule has 0 radical (unpaired) electrons. The van der Waals surface area contributed by atoms with Crippen LogP contribution in [0.3, 0.4) is 0 Å². The lowest BCUT2D eigenvalue weighted by atomic mass is 10.0. The van der Waals surface area contributed by atoms with Crippen LogP contribution in [-0.4, -0.2) is 25.7 Å². The quantitative estimate of drug-likeness (QED) is 0.461. The molecule has 2 N–H and O–H groups in total. The van der Waals surface area contributed by atoms with Gasteiger partial charge < -0.3 is 15.4 Å². The number of pyridine rings is 2. The molecule has 4 aromatic rings. The molecule has 4 heterocycles. The lowest BCUT2D eigenvalue weighted by Gasteiger charge is -2.23. The van der Waals surface area contributed by atoms with Gasteiger partial charge in [0.05, 0.1) is 41.7 Å². The van der Waals surface area contributed by atoms with Crippen molar-refractivity contribution < 1.29 is 9.53 Å². The zero-order chi connectivity index (χ0) is 24.3. The topological polar surface area (TPSA) is 99.2 Å². The fraction of sp³-hybridized carbons (Fsp3) is 0.333. The van der Waals surface area contributed by atoms with Crippen molar-refractivity contribution in [3.63, 3.8) is 0 Å². The molecule has 1 aliphatic carbocycles. The Bertz CT molecular complexity index is 1460. The number of ether oxygens (including phenoxy) is 1. The van der Waals surface area contributed by atoms with E-state index in [0.29, 0.717) is 30.5 Å². The monoisotopic (exact) mass is 468 g/mol. The van der Waals surface area contributed by atoms with Gasteiger partial charge in [-0.15, -0.1) is 0 Å². The summed E-state index contributed by atoms with van der Waals surface area (Å²) in [4.78, 5) is 24.7. The molecule has 8 nitrogen and oxygen atoms in total. The molecule has 0 spiro atoms. The number of carbonyl (C=O) groups is 1. The van der Waals surface area contributed by atoms with Crippen LogP contribution < -0.4 is 10.6 Å². The standard InChI is InChI=1S/C27H28N6O2/c1-15-24(13-32(3)31-15)33(27(34)19-7-9-22(29-11-19)18-5-6-18)12-17-4-8-20-21-14-35-16(2)25(21)26(28)30-23(20)10-17/h4,7-11,13,16,18H,5-6,12,14H2,1-3H3,(H2,28,30). The third-order valence-corrected chi connectivity index (χ3v) is 7.01. The molecular weight excluding hydrogens is 440 g/mol. The molecule has 178 valence electrons. The molecule has 0 bridgehead atoms. The molecule has 3 aromatic heterocycles. The van der Waals surface area contributed by atoms with Crippen LogP contribution in [-0.2, 0) is 24.9 Å². The van der Waals surface area contributed by atoms with Crippen LogP contribution in [0.2, 0.25) is 0 Å². The largest absolute Gasteiger partial charge is 0.383 e.